The van der Waals surface area contributed by atoms with Crippen molar-refractivity contribution in [2.75, 3.05) is 10.6 Å². The summed E-state index contributed by atoms with van der Waals surface area (Å²) in [6, 6.07) is 10.5. The smallest absolute Gasteiger partial charge is 0.255 e. The second kappa shape index (κ2) is 9.21. The first-order valence-electron chi connectivity index (χ1n) is 11.7. The third-order valence-corrected chi connectivity index (χ3v) is 5.77. The zero-order valence-electron chi connectivity index (χ0n) is 20.4. The van der Waals surface area contributed by atoms with E-state index in [1.807, 2.05) is 49.2 Å². The maximum absolute atomic E-state index is 12.7. The summed E-state index contributed by atoms with van der Waals surface area (Å²) in [5.74, 6) is -0.590. The van der Waals surface area contributed by atoms with Crippen molar-refractivity contribution in [1.82, 2.24) is 29.5 Å². The SMILES string of the molecule is CC(C)n1ncc2cc(NC(=O)c3ccc(C(=O)Nc4cnc5c(cnn5C(C)C)c4)cc3)cnc21. The van der Waals surface area contributed by atoms with Gasteiger partial charge in [0.2, 0.25) is 0 Å². The molecule has 0 aliphatic rings. The molecule has 0 atom stereocenters. The molecule has 10 nitrogen and oxygen atoms in total. The number of carbonyl (C=O) groups is 2. The summed E-state index contributed by atoms with van der Waals surface area (Å²) in [6.45, 7) is 8.13. The zero-order valence-corrected chi connectivity index (χ0v) is 20.4. The van der Waals surface area contributed by atoms with Crippen LogP contribution in [0.15, 0.2) is 61.2 Å². The van der Waals surface area contributed by atoms with Crippen molar-refractivity contribution in [3.05, 3.63) is 72.3 Å². The van der Waals surface area contributed by atoms with E-state index in [0.717, 1.165) is 22.1 Å². The summed E-state index contributed by atoms with van der Waals surface area (Å²) in [5, 5.41) is 16.1. The highest BCUT2D eigenvalue weighted by Gasteiger charge is 2.13. The molecule has 0 radical (unpaired) electrons. The molecule has 0 spiro atoms. The quantitative estimate of drug-likeness (QED) is 0.357. The number of rotatable bonds is 6. The zero-order chi connectivity index (χ0) is 25.4. The Kier molecular flexibility index (Phi) is 5.93. The Hall–Kier alpha value is -4.60. The Morgan fingerprint density at radius 3 is 1.42 bits per heavy atom. The van der Waals surface area contributed by atoms with E-state index in [1.165, 1.54) is 0 Å². The van der Waals surface area contributed by atoms with Gasteiger partial charge in [-0.15, -0.1) is 0 Å². The number of anilines is 2. The molecule has 0 aliphatic carbocycles. The van der Waals surface area contributed by atoms with Gasteiger partial charge in [-0.2, -0.15) is 10.2 Å². The molecule has 5 aromatic rings. The minimum Gasteiger partial charge on any atom is -0.321 e. The van der Waals surface area contributed by atoms with Crippen molar-refractivity contribution in [3.63, 3.8) is 0 Å². The van der Waals surface area contributed by atoms with Gasteiger partial charge in [-0.1, -0.05) is 0 Å². The van der Waals surface area contributed by atoms with Gasteiger partial charge < -0.3 is 10.6 Å². The van der Waals surface area contributed by atoms with Crippen LogP contribution in [-0.2, 0) is 0 Å². The molecule has 2 amide bonds. The van der Waals surface area contributed by atoms with Crippen LogP contribution in [0.1, 0.15) is 60.5 Å². The molecule has 0 bridgehead atoms. The van der Waals surface area contributed by atoms with Gasteiger partial charge in [0.25, 0.3) is 11.8 Å². The van der Waals surface area contributed by atoms with Crippen LogP contribution in [-0.4, -0.2) is 41.3 Å². The predicted molar refractivity (Wildman–Crippen MR) is 138 cm³/mol. The lowest BCUT2D eigenvalue weighted by Crippen LogP contribution is -2.14. The third kappa shape index (κ3) is 4.40. The van der Waals surface area contributed by atoms with Crippen LogP contribution in [0.25, 0.3) is 22.1 Å². The number of hydrogen-bond donors (Lipinski definition) is 2. The highest BCUT2D eigenvalue weighted by atomic mass is 16.2. The van der Waals surface area contributed by atoms with E-state index in [4.69, 9.17) is 0 Å². The summed E-state index contributed by atoms with van der Waals surface area (Å²) in [4.78, 5) is 34.3. The van der Waals surface area contributed by atoms with Gasteiger partial charge >= 0.3 is 0 Å². The van der Waals surface area contributed by atoms with E-state index in [9.17, 15) is 9.59 Å². The average Bonchev–Trinajstić information content (AvgIpc) is 3.48. The van der Waals surface area contributed by atoms with Gasteiger partial charge in [0, 0.05) is 34.0 Å². The van der Waals surface area contributed by atoms with E-state index < -0.39 is 0 Å². The van der Waals surface area contributed by atoms with Crippen LogP contribution >= 0.6 is 0 Å². The number of aromatic nitrogens is 6. The van der Waals surface area contributed by atoms with Gasteiger partial charge in [0.15, 0.2) is 11.3 Å². The van der Waals surface area contributed by atoms with E-state index in [1.54, 1.807) is 49.1 Å². The molecular weight excluding hydrogens is 456 g/mol. The molecule has 2 N–H and O–H groups in total. The van der Waals surface area contributed by atoms with Gasteiger partial charge in [0.1, 0.15) is 0 Å². The fourth-order valence-corrected chi connectivity index (χ4v) is 3.95. The molecular formula is C26H26N8O2. The van der Waals surface area contributed by atoms with Gasteiger partial charge in [-0.05, 0) is 64.1 Å². The van der Waals surface area contributed by atoms with Gasteiger partial charge in [-0.3, -0.25) is 9.59 Å². The predicted octanol–water partition coefficient (Wildman–Crippen LogP) is 4.84. The molecule has 0 fully saturated rings. The van der Waals surface area contributed by atoms with Crippen LogP contribution in [0.4, 0.5) is 11.4 Å². The first-order chi connectivity index (χ1) is 17.3. The average molecular weight is 483 g/mol. The lowest BCUT2D eigenvalue weighted by molar-refractivity contribution is 0.101. The first kappa shape index (κ1) is 23.2. The Morgan fingerprint density at radius 1 is 0.667 bits per heavy atom. The van der Waals surface area contributed by atoms with Crippen molar-refractivity contribution in [3.8, 4) is 0 Å². The maximum Gasteiger partial charge on any atom is 0.255 e. The number of benzene rings is 1. The molecule has 10 heteroatoms. The van der Waals surface area contributed by atoms with Crippen molar-refractivity contribution >= 4 is 45.3 Å². The molecule has 182 valence electrons. The Balaban J connectivity index is 1.26. The number of pyridine rings is 2. The summed E-state index contributed by atoms with van der Waals surface area (Å²) >= 11 is 0. The van der Waals surface area contributed by atoms with Crippen LogP contribution < -0.4 is 10.6 Å². The number of nitrogens with one attached hydrogen (secondary N) is 2. The molecule has 0 aliphatic heterocycles. The minimum absolute atomic E-state index is 0.189. The Morgan fingerprint density at radius 2 is 1.06 bits per heavy atom. The van der Waals surface area contributed by atoms with E-state index in [0.29, 0.717) is 22.5 Å². The number of fused-ring (bicyclic) bond motifs is 2. The topological polar surface area (TPSA) is 120 Å². The molecule has 0 unspecified atom stereocenters. The van der Waals surface area contributed by atoms with Crippen molar-refractivity contribution in [2.24, 2.45) is 0 Å². The third-order valence-electron chi connectivity index (χ3n) is 5.77. The summed E-state index contributed by atoms with van der Waals surface area (Å²) < 4.78 is 3.66. The fraction of sp³-hybridized carbons (Fsp3) is 0.231. The summed E-state index contributed by atoms with van der Waals surface area (Å²) in [5.41, 5.74) is 3.52. The van der Waals surface area contributed by atoms with Gasteiger partial charge in [0.05, 0.1) is 36.2 Å². The molecule has 36 heavy (non-hydrogen) atoms. The van der Waals surface area contributed by atoms with Crippen molar-refractivity contribution in [1.29, 1.82) is 0 Å². The van der Waals surface area contributed by atoms with Crippen LogP contribution in [0.5, 0.6) is 0 Å². The van der Waals surface area contributed by atoms with E-state index in [2.05, 4.69) is 30.8 Å². The molecule has 0 saturated carbocycles. The normalized spacial score (nSPS) is 11.5. The molecule has 5 rings (SSSR count). The Labute approximate surface area is 207 Å². The monoisotopic (exact) mass is 482 g/mol. The van der Waals surface area contributed by atoms with Crippen LogP contribution in [0.2, 0.25) is 0 Å². The molecule has 4 aromatic heterocycles. The van der Waals surface area contributed by atoms with E-state index >= 15 is 0 Å². The summed E-state index contributed by atoms with van der Waals surface area (Å²) in [6.07, 6.45) is 6.68. The molecule has 4 heterocycles. The Bertz CT molecular complexity index is 1460. The van der Waals surface area contributed by atoms with Gasteiger partial charge in [-0.25, -0.2) is 19.3 Å². The highest BCUT2D eigenvalue weighted by molar-refractivity contribution is 6.07. The summed E-state index contributed by atoms with van der Waals surface area (Å²) in [7, 11) is 0. The fourth-order valence-electron chi connectivity index (χ4n) is 3.95. The second-order valence-corrected chi connectivity index (χ2v) is 9.13. The standard InChI is InChI=1S/C26H26N8O2/c1-15(2)33-23-19(11-29-33)9-21(13-27-23)31-25(35)17-5-7-18(8-6-17)26(36)32-22-10-20-12-30-34(16(3)4)24(20)28-14-22/h5-16H,1-4H3,(H,31,35)(H,32,36). The first-order valence-corrected chi connectivity index (χ1v) is 11.7. The van der Waals surface area contributed by atoms with Crippen LogP contribution in [0, 0.1) is 0 Å². The van der Waals surface area contributed by atoms with Crippen molar-refractivity contribution < 1.29 is 9.59 Å². The maximum atomic E-state index is 12.7. The number of carbonyl (C=O) groups excluding carboxylic acids is 2. The molecule has 0 saturated heterocycles. The lowest BCUT2D eigenvalue weighted by atomic mass is 10.1. The second-order valence-electron chi connectivity index (χ2n) is 9.13. The largest absolute Gasteiger partial charge is 0.321 e. The van der Waals surface area contributed by atoms with E-state index in [-0.39, 0.29) is 23.9 Å². The molecule has 1 aromatic carbocycles. The number of nitrogens with zero attached hydrogens (tertiary/aromatic N) is 6. The van der Waals surface area contributed by atoms with Crippen molar-refractivity contribution in [2.45, 2.75) is 39.8 Å². The number of hydrogen-bond acceptors (Lipinski definition) is 6. The van der Waals surface area contributed by atoms with Crippen LogP contribution in [0.3, 0.4) is 0 Å². The minimum atomic E-state index is -0.295. The lowest BCUT2D eigenvalue weighted by Gasteiger charge is -2.09. The highest BCUT2D eigenvalue weighted by Crippen LogP contribution is 2.21. The number of amides is 2.